The maximum Gasteiger partial charge on any atom is 0.416 e. The van der Waals surface area contributed by atoms with E-state index in [1.165, 1.54) is 22.6 Å². The minimum Gasteiger partial charge on any atom is -0.294 e. The van der Waals surface area contributed by atoms with Gasteiger partial charge in [0.25, 0.3) is 6.43 Å². The van der Waals surface area contributed by atoms with Crippen LogP contribution in [0.25, 0.3) is 0 Å². The van der Waals surface area contributed by atoms with E-state index < -0.39 is 29.5 Å². The van der Waals surface area contributed by atoms with Gasteiger partial charge >= 0.3 is 6.18 Å². The van der Waals surface area contributed by atoms with Gasteiger partial charge in [-0.05, 0) is 41.6 Å². The van der Waals surface area contributed by atoms with Crippen LogP contribution in [0.4, 0.5) is 22.0 Å². The number of rotatable bonds is 2. The second-order valence-electron chi connectivity index (χ2n) is 3.28. The average Bonchev–Trinajstić information content (AvgIpc) is 2.14. The van der Waals surface area contributed by atoms with E-state index in [-0.39, 0.29) is 9.13 Å². The molecule has 1 nitrogen and oxygen atoms in total. The Morgan fingerprint density at radius 3 is 2.18 bits per heavy atom. The molecule has 0 aliphatic rings. The summed E-state index contributed by atoms with van der Waals surface area (Å²) < 4.78 is 62.3. The molecule has 94 valence electrons. The molecule has 0 atom stereocenters. The van der Waals surface area contributed by atoms with Crippen molar-refractivity contribution < 1.29 is 26.7 Å². The van der Waals surface area contributed by atoms with Gasteiger partial charge in [-0.1, -0.05) is 0 Å². The van der Waals surface area contributed by atoms with Gasteiger partial charge in [0.2, 0.25) is 0 Å². The number of Topliss-reactive ketones (excluding diaryl/α,β-unsaturated/α-hetero) is 1. The summed E-state index contributed by atoms with van der Waals surface area (Å²) in [6.07, 6.45) is -7.81. The van der Waals surface area contributed by atoms with Crippen LogP contribution in [0.5, 0.6) is 0 Å². The van der Waals surface area contributed by atoms with Crippen LogP contribution in [-0.4, -0.2) is 5.78 Å². The van der Waals surface area contributed by atoms with Crippen molar-refractivity contribution in [3.8, 4) is 0 Å². The molecule has 7 heteroatoms. The van der Waals surface area contributed by atoms with Crippen molar-refractivity contribution in [2.24, 2.45) is 0 Å². The Morgan fingerprint density at radius 1 is 1.29 bits per heavy atom. The van der Waals surface area contributed by atoms with Gasteiger partial charge in [-0.3, -0.25) is 4.79 Å². The average molecular weight is 364 g/mol. The van der Waals surface area contributed by atoms with Crippen LogP contribution in [0, 0.1) is 3.57 Å². The van der Waals surface area contributed by atoms with Crippen LogP contribution in [0.1, 0.15) is 34.8 Å². The maximum absolute atomic E-state index is 12.6. The van der Waals surface area contributed by atoms with Gasteiger partial charge in [-0.15, -0.1) is 0 Å². The normalized spacial score (nSPS) is 12.0. The molecule has 0 aromatic heterocycles. The number of halogens is 6. The molecular weight excluding hydrogens is 358 g/mol. The Bertz CT molecular complexity index is 453. The second kappa shape index (κ2) is 4.87. The fourth-order valence-corrected chi connectivity index (χ4v) is 2.15. The molecule has 0 radical (unpaired) electrons. The number of benzene rings is 1. The van der Waals surface area contributed by atoms with Gasteiger partial charge in [-0.25, -0.2) is 8.78 Å². The fraction of sp³-hybridized carbons (Fsp3) is 0.300. The lowest BCUT2D eigenvalue weighted by atomic mass is 10.0. The number of ketones is 1. The SMILES string of the molecule is CC(=O)c1cc(C(F)(F)F)cc(C(F)F)c1I. The topological polar surface area (TPSA) is 17.1 Å². The van der Waals surface area contributed by atoms with E-state index >= 15 is 0 Å². The number of hydrogen-bond donors (Lipinski definition) is 0. The first-order valence-corrected chi connectivity index (χ1v) is 5.42. The Balaban J connectivity index is 3.53. The Morgan fingerprint density at radius 2 is 1.82 bits per heavy atom. The highest BCUT2D eigenvalue weighted by Gasteiger charge is 2.33. The van der Waals surface area contributed by atoms with Crippen LogP contribution in [0.15, 0.2) is 12.1 Å². The van der Waals surface area contributed by atoms with E-state index in [2.05, 4.69) is 0 Å². The summed E-state index contributed by atoms with van der Waals surface area (Å²) in [4.78, 5) is 11.1. The molecular formula is C10H6F5IO. The summed E-state index contributed by atoms with van der Waals surface area (Å²) in [5, 5.41) is 0. The van der Waals surface area contributed by atoms with E-state index in [0.29, 0.717) is 12.1 Å². The minimum absolute atomic E-state index is 0.141. The molecule has 0 amide bonds. The fourth-order valence-electron chi connectivity index (χ4n) is 1.23. The third-order valence-electron chi connectivity index (χ3n) is 2.04. The second-order valence-corrected chi connectivity index (χ2v) is 4.36. The Labute approximate surface area is 107 Å². The van der Waals surface area contributed by atoms with Crippen molar-refractivity contribution in [2.75, 3.05) is 0 Å². The van der Waals surface area contributed by atoms with Crippen molar-refractivity contribution in [1.82, 2.24) is 0 Å². The predicted molar refractivity (Wildman–Crippen MR) is 59.1 cm³/mol. The van der Waals surface area contributed by atoms with Gasteiger partial charge < -0.3 is 0 Å². The van der Waals surface area contributed by atoms with E-state index in [9.17, 15) is 26.7 Å². The number of carbonyl (C=O) groups excluding carboxylic acids is 1. The summed E-state index contributed by atoms with van der Waals surface area (Å²) >= 11 is 1.45. The minimum atomic E-state index is -4.75. The number of carbonyl (C=O) groups is 1. The largest absolute Gasteiger partial charge is 0.416 e. The molecule has 0 bridgehead atoms. The highest BCUT2D eigenvalue weighted by atomic mass is 127. The lowest BCUT2D eigenvalue weighted by Crippen LogP contribution is -2.10. The molecule has 0 N–H and O–H groups in total. The molecule has 0 spiro atoms. The molecule has 1 aromatic rings. The zero-order chi connectivity index (χ0) is 13.4. The van der Waals surface area contributed by atoms with Crippen molar-refractivity contribution in [3.63, 3.8) is 0 Å². The van der Waals surface area contributed by atoms with Gasteiger partial charge in [0.05, 0.1) is 5.56 Å². The first-order chi connectivity index (χ1) is 7.64. The standard InChI is InChI=1S/C10H6F5IO/c1-4(17)6-2-5(10(13,14)15)3-7(8(6)16)9(11)12/h2-3,9H,1H3. The Kier molecular flexibility index (Phi) is 4.11. The monoisotopic (exact) mass is 364 g/mol. The number of alkyl halides is 5. The molecule has 0 saturated heterocycles. The quantitative estimate of drug-likeness (QED) is 0.431. The first kappa shape index (κ1) is 14.3. The molecule has 1 aromatic carbocycles. The first-order valence-electron chi connectivity index (χ1n) is 4.34. The van der Waals surface area contributed by atoms with Gasteiger partial charge in [0.15, 0.2) is 5.78 Å². The summed E-state index contributed by atoms with van der Waals surface area (Å²) in [5.74, 6) is -0.678. The molecule has 0 heterocycles. The predicted octanol–water partition coefficient (Wildman–Crippen LogP) is 4.45. The molecule has 17 heavy (non-hydrogen) atoms. The molecule has 0 aliphatic heterocycles. The molecule has 0 unspecified atom stereocenters. The van der Waals surface area contributed by atoms with E-state index in [1.54, 1.807) is 0 Å². The van der Waals surface area contributed by atoms with E-state index in [4.69, 9.17) is 0 Å². The van der Waals surface area contributed by atoms with Crippen molar-refractivity contribution in [3.05, 3.63) is 32.4 Å². The third kappa shape index (κ3) is 3.14. The Hall–Kier alpha value is -0.730. The zero-order valence-electron chi connectivity index (χ0n) is 8.41. The lowest BCUT2D eigenvalue weighted by Gasteiger charge is -2.13. The highest BCUT2D eigenvalue weighted by Crippen LogP contribution is 2.36. The summed E-state index contributed by atoms with van der Waals surface area (Å²) in [5.41, 5.74) is -2.35. The van der Waals surface area contributed by atoms with Crippen molar-refractivity contribution in [2.45, 2.75) is 19.5 Å². The van der Waals surface area contributed by atoms with Crippen LogP contribution < -0.4 is 0 Å². The van der Waals surface area contributed by atoms with Crippen LogP contribution in [0.2, 0.25) is 0 Å². The molecule has 0 aliphatic carbocycles. The van der Waals surface area contributed by atoms with Gasteiger partial charge in [-0.2, -0.15) is 13.2 Å². The molecule has 0 saturated carbocycles. The van der Waals surface area contributed by atoms with Crippen LogP contribution >= 0.6 is 22.6 Å². The van der Waals surface area contributed by atoms with Crippen molar-refractivity contribution in [1.29, 1.82) is 0 Å². The maximum atomic E-state index is 12.6. The van der Waals surface area contributed by atoms with Crippen LogP contribution in [0.3, 0.4) is 0 Å². The van der Waals surface area contributed by atoms with Crippen molar-refractivity contribution >= 4 is 28.4 Å². The van der Waals surface area contributed by atoms with Crippen LogP contribution in [-0.2, 0) is 6.18 Å². The van der Waals surface area contributed by atoms with Gasteiger partial charge in [0.1, 0.15) is 0 Å². The highest BCUT2D eigenvalue weighted by molar-refractivity contribution is 14.1. The zero-order valence-corrected chi connectivity index (χ0v) is 10.6. The summed E-state index contributed by atoms with van der Waals surface area (Å²) in [7, 11) is 0. The lowest BCUT2D eigenvalue weighted by molar-refractivity contribution is -0.137. The summed E-state index contributed by atoms with van der Waals surface area (Å²) in [6, 6.07) is 0.967. The molecule has 0 fully saturated rings. The third-order valence-corrected chi connectivity index (χ3v) is 3.25. The van der Waals surface area contributed by atoms with Gasteiger partial charge in [0, 0.05) is 14.7 Å². The number of hydrogen-bond acceptors (Lipinski definition) is 1. The molecule has 1 rings (SSSR count). The van der Waals surface area contributed by atoms with E-state index in [1.807, 2.05) is 0 Å². The van der Waals surface area contributed by atoms with E-state index in [0.717, 1.165) is 6.92 Å². The smallest absolute Gasteiger partial charge is 0.294 e. The summed E-state index contributed by atoms with van der Waals surface area (Å²) in [6.45, 7) is 1.03.